The Hall–Kier alpha value is -0.530. The monoisotopic (exact) mass is 213 g/mol. The van der Waals surface area contributed by atoms with Crippen LogP contribution in [0.3, 0.4) is 0 Å². The van der Waals surface area contributed by atoms with Gasteiger partial charge in [0.15, 0.2) is 0 Å². The van der Waals surface area contributed by atoms with Crippen LogP contribution >= 0.6 is 0 Å². The standard InChI is InChI=1S/C5H6F7N/c1-13-2-3(6,7)4(8,9)5(10,11)12/h13H,2H2,1H3. The molecule has 0 amide bonds. The van der Waals surface area contributed by atoms with E-state index in [9.17, 15) is 30.7 Å². The van der Waals surface area contributed by atoms with Crippen LogP contribution in [0, 0.1) is 0 Å². The van der Waals surface area contributed by atoms with E-state index in [0.717, 1.165) is 7.05 Å². The SMILES string of the molecule is CNCC(F)(F)C(F)(F)C(F)(F)F. The highest BCUT2D eigenvalue weighted by Gasteiger charge is 2.72. The highest BCUT2D eigenvalue weighted by Crippen LogP contribution is 2.45. The number of hydrogen-bond donors (Lipinski definition) is 1. The number of halogens is 7. The largest absolute Gasteiger partial charge is 0.459 e. The van der Waals surface area contributed by atoms with Crippen molar-refractivity contribution in [3.63, 3.8) is 0 Å². The van der Waals surface area contributed by atoms with Gasteiger partial charge in [0, 0.05) is 0 Å². The van der Waals surface area contributed by atoms with Crippen molar-refractivity contribution in [3.05, 3.63) is 0 Å². The van der Waals surface area contributed by atoms with Crippen molar-refractivity contribution in [2.75, 3.05) is 13.6 Å². The molecule has 0 rings (SSSR count). The normalized spacial score (nSPS) is 14.8. The number of rotatable bonds is 3. The zero-order valence-corrected chi connectivity index (χ0v) is 6.35. The third kappa shape index (κ3) is 2.23. The lowest BCUT2D eigenvalue weighted by molar-refractivity contribution is -0.352. The summed E-state index contributed by atoms with van der Waals surface area (Å²) >= 11 is 0. The maximum Gasteiger partial charge on any atom is 0.459 e. The van der Waals surface area contributed by atoms with E-state index < -0.39 is 24.6 Å². The summed E-state index contributed by atoms with van der Waals surface area (Å²) in [5, 5.41) is 1.56. The molecule has 0 spiro atoms. The van der Waals surface area contributed by atoms with E-state index in [-0.39, 0.29) is 0 Å². The first-order valence-electron chi connectivity index (χ1n) is 3.03. The fourth-order valence-electron chi connectivity index (χ4n) is 0.540. The first-order chi connectivity index (χ1) is 5.56. The van der Waals surface area contributed by atoms with Gasteiger partial charge in [0.25, 0.3) is 0 Å². The molecule has 0 aromatic carbocycles. The van der Waals surface area contributed by atoms with Gasteiger partial charge in [-0.25, -0.2) is 0 Å². The number of nitrogens with one attached hydrogen (secondary N) is 1. The van der Waals surface area contributed by atoms with Gasteiger partial charge in [-0.3, -0.25) is 0 Å². The van der Waals surface area contributed by atoms with Crippen LogP contribution in [-0.2, 0) is 0 Å². The molecule has 1 nitrogen and oxygen atoms in total. The van der Waals surface area contributed by atoms with E-state index in [4.69, 9.17) is 0 Å². The summed E-state index contributed by atoms with van der Waals surface area (Å²) in [6.07, 6.45) is -6.24. The summed E-state index contributed by atoms with van der Waals surface area (Å²) < 4.78 is 82.5. The van der Waals surface area contributed by atoms with Crippen LogP contribution in [0.4, 0.5) is 30.7 Å². The average molecular weight is 213 g/mol. The second-order valence-corrected chi connectivity index (χ2v) is 2.31. The van der Waals surface area contributed by atoms with Gasteiger partial charge in [-0.2, -0.15) is 30.7 Å². The summed E-state index contributed by atoms with van der Waals surface area (Å²) in [6.45, 7) is -1.74. The van der Waals surface area contributed by atoms with E-state index in [0.29, 0.717) is 0 Å². The van der Waals surface area contributed by atoms with Gasteiger partial charge in [0.05, 0.1) is 6.54 Å². The molecule has 1 N–H and O–H groups in total. The van der Waals surface area contributed by atoms with Crippen LogP contribution in [0.25, 0.3) is 0 Å². The van der Waals surface area contributed by atoms with Gasteiger partial charge in [0.2, 0.25) is 0 Å². The Morgan fingerprint density at radius 1 is 0.923 bits per heavy atom. The summed E-state index contributed by atoms with van der Waals surface area (Å²) in [6, 6.07) is 0. The van der Waals surface area contributed by atoms with Crippen molar-refractivity contribution in [2.45, 2.75) is 18.0 Å². The van der Waals surface area contributed by atoms with Gasteiger partial charge in [-0.05, 0) is 7.05 Å². The third-order valence-electron chi connectivity index (χ3n) is 1.21. The topological polar surface area (TPSA) is 12.0 Å². The maximum absolute atomic E-state index is 12.2. The Kier molecular flexibility index (Phi) is 3.18. The lowest BCUT2D eigenvalue weighted by Crippen LogP contribution is -2.55. The van der Waals surface area contributed by atoms with E-state index >= 15 is 0 Å². The van der Waals surface area contributed by atoms with Crippen molar-refractivity contribution in [1.82, 2.24) is 5.32 Å². The summed E-state index contributed by atoms with van der Waals surface area (Å²) in [7, 11) is 0.848. The van der Waals surface area contributed by atoms with Crippen LogP contribution in [0.2, 0.25) is 0 Å². The van der Waals surface area contributed by atoms with Gasteiger partial charge in [-0.15, -0.1) is 0 Å². The molecule has 80 valence electrons. The molecule has 0 bridgehead atoms. The average Bonchev–Trinajstić information content (AvgIpc) is 1.84. The molecule has 0 aliphatic carbocycles. The minimum Gasteiger partial charge on any atom is -0.314 e. The minimum absolute atomic E-state index is 0.848. The Morgan fingerprint density at radius 2 is 1.31 bits per heavy atom. The van der Waals surface area contributed by atoms with E-state index in [1.165, 1.54) is 0 Å². The van der Waals surface area contributed by atoms with Gasteiger partial charge < -0.3 is 5.32 Å². The Morgan fingerprint density at radius 3 is 1.54 bits per heavy atom. The second-order valence-electron chi connectivity index (χ2n) is 2.31. The van der Waals surface area contributed by atoms with Crippen LogP contribution < -0.4 is 5.32 Å². The zero-order chi connectivity index (χ0) is 10.9. The molecule has 0 aromatic heterocycles. The predicted octanol–water partition coefficient (Wildman–Crippen LogP) is 2.04. The minimum atomic E-state index is -6.24. The van der Waals surface area contributed by atoms with E-state index in [2.05, 4.69) is 0 Å². The van der Waals surface area contributed by atoms with Crippen molar-refractivity contribution in [3.8, 4) is 0 Å². The van der Waals surface area contributed by atoms with Crippen LogP contribution in [0.15, 0.2) is 0 Å². The highest BCUT2D eigenvalue weighted by atomic mass is 19.4. The molecule has 8 heteroatoms. The van der Waals surface area contributed by atoms with Gasteiger partial charge in [-0.1, -0.05) is 0 Å². The fraction of sp³-hybridized carbons (Fsp3) is 1.00. The van der Waals surface area contributed by atoms with Crippen molar-refractivity contribution in [2.24, 2.45) is 0 Å². The second kappa shape index (κ2) is 3.32. The van der Waals surface area contributed by atoms with E-state index in [1.807, 2.05) is 0 Å². The molecular weight excluding hydrogens is 207 g/mol. The smallest absolute Gasteiger partial charge is 0.314 e. The molecule has 0 saturated carbocycles. The van der Waals surface area contributed by atoms with Crippen molar-refractivity contribution in [1.29, 1.82) is 0 Å². The zero-order valence-electron chi connectivity index (χ0n) is 6.35. The molecular formula is C5H6F7N. The molecule has 0 radical (unpaired) electrons. The molecule has 0 unspecified atom stereocenters. The lowest BCUT2D eigenvalue weighted by Gasteiger charge is -2.27. The predicted molar refractivity (Wildman–Crippen MR) is 29.9 cm³/mol. The first-order valence-corrected chi connectivity index (χ1v) is 3.03. The molecule has 0 saturated heterocycles. The summed E-state index contributed by atoms with van der Waals surface area (Å²) in [4.78, 5) is 0. The third-order valence-corrected chi connectivity index (χ3v) is 1.21. The summed E-state index contributed by atoms with van der Waals surface area (Å²) in [5.41, 5.74) is 0. The number of alkyl halides is 7. The van der Waals surface area contributed by atoms with Crippen LogP contribution in [-0.4, -0.2) is 31.6 Å². The summed E-state index contributed by atoms with van der Waals surface area (Å²) in [5.74, 6) is -11.1. The Bertz CT molecular complexity index is 172. The molecule has 13 heavy (non-hydrogen) atoms. The first kappa shape index (κ1) is 12.5. The number of hydrogen-bond acceptors (Lipinski definition) is 1. The molecule has 0 aliphatic rings. The van der Waals surface area contributed by atoms with Gasteiger partial charge in [0.1, 0.15) is 0 Å². The molecule has 0 aliphatic heterocycles. The molecule has 0 fully saturated rings. The molecule has 0 heterocycles. The Balaban J connectivity index is 4.81. The Labute approximate surface area is 68.9 Å². The quantitative estimate of drug-likeness (QED) is 0.707. The van der Waals surface area contributed by atoms with Crippen molar-refractivity contribution < 1.29 is 30.7 Å². The fourth-order valence-corrected chi connectivity index (χ4v) is 0.540. The van der Waals surface area contributed by atoms with Crippen molar-refractivity contribution >= 4 is 0 Å². The maximum atomic E-state index is 12.2. The highest BCUT2D eigenvalue weighted by molar-refractivity contribution is 4.92. The van der Waals surface area contributed by atoms with Crippen LogP contribution in [0.1, 0.15) is 0 Å². The lowest BCUT2D eigenvalue weighted by atomic mass is 10.1. The molecule has 0 aromatic rings. The van der Waals surface area contributed by atoms with E-state index in [1.54, 1.807) is 5.32 Å². The van der Waals surface area contributed by atoms with Crippen LogP contribution in [0.5, 0.6) is 0 Å². The molecule has 0 atom stereocenters. The van der Waals surface area contributed by atoms with Gasteiger partial charge >= 0.3 is 18.0 Å².